The lowest BCUT2D eigenvalue weighted by atomic mass is 9.83. The molecule has 0 radical (unpaired) electrons. The average molecular weight is 473 g/mol. The zero-order valence-electron chi connectivity index (χ0n) is 19.3. The van der Waals surface area contributed by atoms with Crippen molar-refractivity contribution in [2.45, 2.75) is 32.6 Å². The Bertz CT molecular complexity index is 1180. The molecule has 0 aromatic heterocycles. The molecular weight excluding hydrogens is 444 g/mol. The van der Waals surface area contributed by atoms with Crippen LogP contribution in [0.4, 0.5) is 10.5 Å². The molecule has 0 bridgehead atoms. The van der Waals surface area contributed by atoms with Gasteiger partial charge in [0.1, 0.15) is 5.75 Å². The smallest absolute Gasteiger partial charge is 0.328 e. The van der Waals surface area contributed by atoms with E-state index in [1.807, 2.05) is 39.0 Å². The second-order valence-electron chi connectivity index (χ2n) is 8.78. The van der Waals surface area contributed by atoms with E-state index in [1.165, 1.54) is 11.1 Å². The third kappa shape index (κ3) is 5.70. The molecule has 1 saturated heterocycles. The van der Waals surface area contributed by atoms with Crippen molar-refractivity contribution in [3.8, 4) is 16.9 Å². The first-order chi connectivity index (χ1) is 15.4. The summed E-state index contributed by atoms with van der Waals surface area (Å²) in [6.07, 6.45) is 2.65. The fraction of sp³-hybridized carbons (Fsp3) is 0.348. The van der Waals surface area contributed by atoms with Gasteiger partial charge in [0.25, 0.3) is 0 Å². The van der Waals surface area contributed by atoms with E-state index >= 15 is 0 Å². The Balaban J connectivity index is 2.10. The van der Waals surface area contributed by atoms with Gasteiger partial charge in [-0.05, 0) is 28.7 Å². The van der Waals surface area contributed by atoms with Gasteiger partial charge in [-0.2, -0.15) is 5.10 Å². The van der Waals surface area contributed by atoms with Crippen molar-refractivity contribution in [1.29, 1.82) is 0 Å². The van der Waals surface area contributed by atoms with Crippen molar-refractivity contribution < 1.29 is 22.7 Å². The van der Waals surface area contributed by atoms with Gasteiger partial charge in [-0.15, -0.1) is 0 Å². The highest BCUT2D eigenvalue weighted by atomic mass is 32.2. The van der Waals surface area contributed by atoms with Gasteiger partial charge in [-0.3, -0.25) is 4.79 Å². The van der Waals surface area contributed by atoms with Crippen LogP contribution in [0.1, 0.15) is 38.3 Å². The normalized spacial score (nSPS) is 15.0. The molecule has 9 nitrogen and oxygen atoms in total. The second kappa shape index (κ2) is 9.22. The number of urea groups is 1. The average Bonchev–Trinajstić information content (AvgIpc) is 2.72. The van der Waals surface area contributed by atoms with Gasteiger partial charge < -0.3 is 10.1 Å². The lowest BCUT2D eigenvalue weighted by Gasteiger charge is -2.30. The Labute approximate surface area is 193 Å². The van der Waals surface area contributed by atoms with E-state index in [1.54, 1.807) is 25.3 Å². The highest BCUT2D eigenvalue weighted by molar-refractivity contribution is 7.88. The Morgan fingerprint density at radius 3 is 2.36 bits per heavy atom. The number of nitrogens with one attached hydrogen (secondary N) is 2. The number of hydrazone groups is 1. The zero-order chi connectivity index (χ0) is 24.4. The number of sulfonamides is 1. The lowest BCUT2D eigenvalue weighted by molar-refractivity contribution is -0.118. The highest BCUT2D eigenvalue weighted by Crippen LogP contribution is 2.42. The minimum absolute atomic E-state index is 0.230. The van der Waals surface area contributed by atoms with Crippen LogP contribution in [0.5, 0.6) is 5.75 Å². The molecule has 0 atom stereocenters. The van der Waals surface area contributed by atoms with E-state index in [2.05, 4.69) is 15.2 Å². The number of benzene rings is 2. The maximum atomic E-state index is 12.6. The number of amides is 3. The SMILES string of the molecule is COc1c(-c2ccc(/C=N/NS(C)(=O)=O)cc2)cc(N2C(=O)CCNC2=O)cc1C(C)(C)C. The molecule has 1 aliphatic rings. The van der Waals surface area contributed by atoms with E-state index < -0.39 is 16.1 Å². The lowest BCUT2D eigenvalue weighted by Crippen LogP contribution is -2.50. The van der Waals surface area contributed by atoms with Gasteiger partial charge in [-0.25, -0.2) is 22.9 Å². The maximum absolute atomic E-state index is 12.6. The van der Waals surface area contributed by atoms with Crippen LogP contribution in [0.15, 0.2) is 41.5 Å². The number of nitrogens with zero attached hydrogens (tertiary/aromatic N) is 2. The van der Waals surface area contributed by atoms with E-state index in [0.29, 0.717) is 23.5 Å². The van der Waals surface area contributed by atoms with Gasteiger partial charge in [-0.1, -0.05) is 45.0 Å². The molecule has 2 N–H and O–H groups in total. The Kier molecular flexibility index (Phi) is 6.78. The van der Waals surface area contributed by atoms with Crippen LogP contribution in [-0.4, -0.2) is 46.5 Å². The summed E-state index contributed by atoms with van der Waals surface area (Å²) >= 11 is 0. The van der Waals surface area contributed by atoms with Crippen LogP contribution in [0.2, 0.25) is 0 Å². The Hall–Kier alpha value is -3.40. The summed E-state index contributed by atoms with van der Waals surface area (Å²) in [4.78, 5) is 28.3. The molecule has 1 fully saturated rings. The minimum Gasteiger partial charge on any atom is -0.496 e. The number of imide groups is 1. The van der Waals surface area contributed by atoms with E-state index in [4.69, 9.17) is 4.74 Å². The number of methoxy groups -OCH3 is 1. The maximum Gasteiger partial charge on any atom is 0.328 e. The van der Waals surface area contributed by atoms with Gasteiger partial charge in [0.05, 0.1) is 25.3 Å². The highest BCUT2D eigenvalue weighted by Gasteiger charge is 2.31. The first-order valence-corrected chi connectivity index (χ1v) is 12.2. The molecule has 0 unspecified atom stereocenters. The van der Waals surface area contributed by atoms with Gasteiger partial charge >= 0.3 is 6.03 Å². The van der Waals surface area contributed by atoms with Crippen LogP contribution in [-0.2, 0) is 20.2 Å². The van der Waals surface area contributed by atoms with Crippen molar-refractivity contribution in [1.82, 2.24) is 10.1 Å². The van der Waals surface area contributed by atoms with Crippen LogP contribution < -0.4 is 19.8 Å². The monoisotopic (exact) mass is 472 g/mol. The molecule has 2 aromatic carbocycles. The molecule has 10 heteroatoms. The number of ether oxygens (including phenoxy) is 1. The summed E-state index contributed by atoms with van der Waals surface area (Å²) < 4.78 is 28.1. The number of carbonyl (C=O) groups is 2. The van der Waals surface area contributed by atoms with Gasteiger partial charge in [0.15, 0.2) is 0 Å². The number of anilines is 1. The van der Waals surface area contributed by atoms with E-state index in [0.717, 1.165) is 22.9 Å². The van der Waals surface area contributed by atoms with E-state index in [-0.39, 0.29) is 17.7 Å². The molecule has 0 spiro atoms. The second-order valence-corrected chi connectivity index (χ2v) is 10.5. The Morgan fingerprint density at radius 1 is 1.15 bits per heavy atom. The van der Waals surface area contributed by atoms with Crippen molar-refractivity contribution in [3.05, 3.63) is 47.5 Å². The molecular formula is C23H28N4O5S. The molecule has 176 valence electrons. The molecule has 33 heavy (non-hydrogen) atoms. The van der Waals surface area contributed by atoms with Crippen molar-refractivity contribution in [3.63, 3.8) is 0 Å². The van der Waals surface area contributed by atoms with Crippen LogP contribution >= 0.6 is 0 Å². The molecule has 0 saturated carbocycles. The number of carbonyl (C=O) groups excluding carboxylic acids is 2. The predicted molar refractivity (Wildman–Crippen MR) is 128 cm³/mol. The first kappa shape index (κ1) is 24.2. The summed E-state index contributed by atoms with van der Waals surface area (Å²) in [7, 11) is -1.84. The topological polar surface area (TPSA) is 117 Å². The van der Waals surface area contributed by atoms with Crippen LogP contribution in [0.25, 0.3) is 11.1 Å². The minimum atomic E-state index is -3.43. The largest absolute Gasteiger partial charge is 0.496 e. The number of hydrogen-bond acceptors (Lipinski definition) is 6. The summed E-state index contributed by atoms with van der Waals surface area (Å²) in [6, 6.07) is 10.4. The molecule has 1 aliphatic heterocycles. The fourth-order valence-corrected chi connectivity index (χ4v) is 3.77. The number of rotatable bonds is 6. The third-order valence-electron chi connectivity index (χ3n) is 5.07. The van der Waals surface area contributed by atoms with Crippen molar-refractivity contribution in [2.24, 2.45) is 5.10 Å². The van der Waals surface area contributed by atoms with Crippen LogP contribution in [0, 0.1) is 0 Å². The molecule has 0 aliphatic carbocycles. The molecule has 1 heterocycles. The summed E-state index contributed by atoms with van der Waals surface area (Å²) in [6.45, 7) is 6.42. The standard InChI is InChI=1S/C23H28N4O5S/c1-23(2,3)19-13-17(27-20(28)10-11-24-22(27)29)12-18(21(19)32-4)16-8-6-15(7-9-16)14-25-26-33(5,30)31/h6-9,12-14,26H,10-11H2,1-5H3,(H,24,29)/b25-14+. The summed E-state index contributed by atoms with van der Waals surface area (Å²) in [5, 5.41) is 6.43. The molecule has 3 amide bonds. The quantitative estimate of drug-likeness (QED) is 0.495. The summed E-state index contributed by atoms with van der Waals surface area (Å²) in [5.41, 5.74) is 3.22. The fourth-order valence-electron chi connectivity index (χ4n) is 3.52. The summed E-state index contributed by atoms with van der Waals surface area (Å²) in [5.74, 6) is 0.385. The first-order valence-electron chi connectivity index (χ1n) is 10.3. The van der Waals surface area contributed by atoms with E-state index in [9.17, 15) is 18.0 Å². The Morgan fingerprint density at radius 2 is 1.82 bits per heavy atom. The third-order valence-corrected chi connectivity index (χ3v) is 5.50. The van der Waals surface area contributed by atoms with Crippen molar-refractivity contribution in [2.75, 3.05) is 24.8 Å². The molecule has 2 aromatic rings. The van der Waals surface area contributed by atoms with Gasteiger partial charge in [0.2, 0.25) is 15.9 Å². The van der Waals surface area contributed by atoms with Crippen LogP contribution in [0.3, 0.4) is 0 Å². The molecule has 3 rings (SSSR count). The number of hydrogen-bond donors (Lipinski definition) is 2. The predicted octanol–water partition coefficient (Wildman–Crippen LogP) is 2.99. The van der Waals surface area contributed by atoms with Crippen molar-refractivity contribution >= 4 is 33.9 Å². The van der Waals surface area contributed by atoms with Gasteiger partial charge in [0, 0.05) is 24.1 Å². The zero-order valence-corrected chi connectivity index (χ0v) is 20.1.